The molecule has 0 aliphatic carbocycles. The third kappa shape index (κ3) is 5.19. The average Bonchev–Trinajstić information content (AvgIpc) is 1.82. The topological polar surface area (TPSA) is 87.7 Å². The molecular weight excluding hydrogens is 170 g/mol. The van der Waals surface area contributed by atoms with E-state index in [9.17, 15) is 9.90 Å². The van der Waals surface area contributed by atoms with Crippen LogP contribution in [0.1, 0.15) is 27.7 Å². The van der Waals surface area contributed by atoms with Gasteiger partial charge in [0.1, 0.15) is 5.60 Å². The van der Waals surface area contributed by atoms with Gasteiger partial charge in [0.15, 0.2) is 5.96 Å². The van der Waals surface area contributed by atoms with Crippen molar-refractivity contribution < 1.29 is 9.90 Å². The Kier molecular flexibility index (Phi) is 3.87. The summed E-state index contributed by atoms with van der Waals surface area (Å²) in [6, 6.07) is 0.0158. The molecule has 0 unspecified atom stereocenters. The highest BCUT2D eigenvalue weighted by Crippen LogP contribution is 1.99. The second-order valence-electron chi connectivity index (χ2n) is 3.62. The molecule has 0 aromatic heterocycles. The van der Waals surface area contributed by atoms with Gasteiger partial charge < -0.3 is 10.8 Å². The van der Waals surface area contributed by atoms with Gasteiger partial charge >= 0.3 is 0 Å². The third-order valence-electron chi connectivity index (χ3n) is 1.19. The Hall–Kier alpha value is -1.10. The van der Waals surface area contributed by atoms with Crippen LogP contribution in [0.4, 0.5) is 0 Å². The van der Waals surface area contributed by atoms with Gasteiger partial charge in [-0.05, 0) is 27.7 Å². The van der Waals surface area contributed by atoms with Crippen LogP contribution in [0, 0.1) is 0 Å². The molecule has 0 heterocycles. The Balaban J connectivity index is 4.23. The monoisotopic (exact) mass is 187 g/mol. The quantitative estimate of drug-likeness (QED) is 0.406. The third-order valence-corrected chi connectivity index (χ3v) is 1.19. The molecule has 0 saturated carbocycles. The first-order valence-electron chi connectivity index (χ1n) is 4.10. The minimum atomic E-state index is -1.43. The molecule has 0 rings (SSSR count). The van der Waals surface area contributed by atoms with Crippen LogP contribution in [0.2, 0.25) is 0 Å². The summed E-state index contributed by atoms with van der Waals surface area (Å²) in [5.41, 5.74) is 3.95. The van der Waals surface area contributed by atoms with Crippen molar-refractivity contribution in [2.45, 2.75) is 39.3 Å². The lowest BCUT2D eigenvalue weighted by molar-refractivity contribution is -0.134. The van der Waals surface area contributed by atoms with Gasteiger partial charge in [0.2, 0.25) is 0 Å². The minimum Gasteiger partial charge on any atom is -0.381 e. The van der Waals surface area contributed by atoms with Crippen molar-refractivity contribution in [2.24, 2.45) is 10.7 Å². The van der Waals surface area contributed by atoms with Crippen LogP contribution in [0.15, 0.2) is 4.99 Å². The molecular formula is C8H17N3O2. The SMILES string of the molecule is CC(C)N=C(N)NC(=O)C(C)(C)O. The summed E-state index contributed by atoms with van der Waals surface area (Å²) >= 11 is 0. The van der Waals surface area contributed by atoms with Crippen LogP contribution in [0.25, 0.3) is 0 Å². The average molecular weight is 187 g/mol. The molecule has 0 radical (unpaired) electrons. The van der Waals surface area contributed by atoms with Gasteiger partial charge in [0.05, 0.1) is 0 Å². The number of amides is 1. The molecule has 13 heavy (non-hydrogen) atoms. The first kappa shape index (κ1) is 11.9. The van der Waals surface area contributed by atoms with Gasteiger partial charge in [-0.25, -0.2) is 0 Å². The number of carbonyl (C=O) groups excluding carboxylic acids is 1. The molecule has 0 saturated heterocycles. The lowest BCUT2D eigenvalue weighted by atomic mass is 10.1. The van der Waals surface area contributed by atoms with E-state index < -0.39 is 11.5 Å². The van der Waals surface area contributed by atoms with Gasteiger partial charge in [-0.1, -0.05) is 0 Å². The lowest BCUT2D eigenvalue weighted by Crippen LogP contribution is -2.47. The summed E-state index contributed by atoms with van der Waals surface area (Å²) in [7, 11) is 0. The summed E-state index contributed by atoms with van der Waals surface area (Å²) < 4.78 is 0. The molecule has 0 aliphatic rings. The lowest BCUT2D eigenvalue weighted by Gasteiger charge is -2.16. The molecule has 76 valence electrons. The number of hydrogen-bond acceptors (Lipinski definition) is 3. The fraction of sp³-hybridized carbons (Fsp3) is 0.750. The second-order valence-corrected chi connectivity index (χ2v) is 3.62. The number of rotatable bonds is 2. The molecule has 0 fully saturated rings. The van der Waals surface area contributed by atoms with E-state index in [1.165, 1.54) is 13.8 Å². The number of aliphatic imine (C=N–C) groups is 1. The van der Waals surface area contributed by atoms with Crippen LogP contribution in [-0.2, 0) is 4.79 Å². The highest BCUT2D eigenvalue weighted by molar-refractivity contribution is 5.99. The Morgan fingerprint density at radius 2 is 2.00 bits per heavy atom. The van der Waals surface area contributed by atoms with Crippen molar-refractivity contribution in [2.75, 3.05) is 0 Å². The van der Waals surface area contributed by atoms with Crippen molar-refractivity contribution in [3.8, 4) is 0 Å². The second kappa shape index (κ2) is 4.23. The number of nitrogens with two attached hydrogens (primary N) is 1. The summed E-state index contributed by atoms with van der Waals surface area (Å²) in [4.78, 5) is 15.0. The van der Waals surface area contributed by atoms with Crippen molar-refractivity contribution in [1.29, 1.82) is 0 Å². The molecule has 0 aliphatic heterocycles. The van der Waals surface area contributed by atoms with E-state index in [4.69, 9.17) is 5.73 Å². The number of hydrogen-bond donors (Lipinski definition) is 3. The van der Waals surface area contributed by atoms with Gasteiger partial charge in [-0.15, -0.1) is 0 Å². The smallest absolute Gasteiger partial charge is 0.258 e. The van der Waals surface area contributed by atoms with Crippen molar-refractivity contribution >= 4 is 11.9 Å². The molecule has 1 amide bonds. The summed E-state index contributed by atoms with van der Waals surface area (Å²) in [6.45, 7) is 6.43. The molecule has 4 N–H and O–H groups in total. The van der Waals surface area contributed by atoms with E-state index in [1.54, 1.807) is 0 Å². The molecule has 0 aromatic carbocycles. The minimum absolute atomic E-state index is 0.0158. The fourth-order valence-corrected chi connectivity index (χ4v) is 0.580. The van der Waals surface area contributed by atoms with Crippen LogP contribution >= 0.6 is 0 Å². The molecule has 0 atom stereocenters. The highest BCUT2D eigenvalue weighted by atomic mass is 16.3. The summed E-state index contributed by atoms with van der Waals surface area (Å²) in [6.07, 6.45) is 0. The zero-order valence-corrected chi connectivity index (χ0v) is 8.46. The van der Waals surface area contributed by atoms with E-state index in [-0.39, 0.29) is 12.0 Å². The van der Waals surface area contributed by atoms with Crippen LogP contribution in [0.5, 0.6) is 0 Å². The van der Waals surface area contributed by atoms with E-state index in [0.29, 0.717) is 0 Å². The van der Waals surface area contributed by atoms with Gasteiger partial charge in [0, 0.05) is 6.04 Å². The normalized spacial score (nSPS) is 13.2. The van der Waals surface area contributed by atoms with Crippen molar-refractivity contribution in [3.05, 3.63) is 0 Å². The zero-order chi connectivity index (χ0) is 10.6. The number of carbonyl (C=O) groups is 1. The van der Waals surface area contributed by atoms with Gasteiger partial charge in [0.25, 0.3) is 5.91 Å². The van der Waals surface area contributed by atoms with Crippen molar-refractivity contribution in [3.63, 3.8) is 0 Å². The van der Waals surface area contributed by atoms with E-state index in [2.05, 4.69) is 10.3 Å². The van der Waals surface area contributed by atoms with Gasteiger partial charge in [-0.2, -0.15) is 0 Å². The maximum Gasteiger partial charge on any atom is 0.258 e. The van der Waals surface area contributed by atoms with Crippen LogP contribution in [-0.4, -0.2) is 28.6 Å². The molecule has 5 heteroatoms. The largest absolute Gasteiger partial charge is 0.381 e. The Morgan fingerprint density at radius 3 is 2.31 bits per heavy atom. The zero-order valence-electron chi connectivity index (χ0n) is 8.46. The van der Waals surface area contributed by atoms with E-state index in [1.807, 2.05) is 13.8 Å². The first-order valence-corrected chi connectivity index (χ1v) is 4.10. The molecule has 0 spiro atoms. The van der Waals surface area contributed by atoms with E-state index in [0.717, 1.165) is 0 Å². The van der Waals surface area contributed by atoms with Crippen molar-refractivity contribution in [1.82, 2.24) is 5.32 Å². The summed E-state index contributed by atoms with van der Waals surface area (Å²) in [5, 5.41) is 11.5. The van der Waals surface area contributed by atoms with E-state index >= 15 is 0 Å². The van der Waals surface area contributed by atoms with Gasteiger partial charge in [-0.3, -0.25) is 15.1 Å². The fourth-order valence-electron chi connectivity index (χ4n) is 0.580. The maximum atomic E-state index is 11.1. The maximum absolute atomic E-state index is 11.1. The Bertz CT molecular complexity index is 216. The number of aliphatic hydroxyl groups is 1. The number of guanidine groups is 1. The number of nitrogens with zero attached hydrogens (tertiary/aromatic N) is 1. The predicted octanol–water partition coefficient (Wildman–Crippen LogP) is -0.403. The molecule has 5 nitrogen and oxygen atoms in total. The van der Waals surface area contributed by atoms with Crippen LogP contribution < -0.4 is 11.1 Å². The molecule has 0 bridgehead atoms. The Morgan fingerprint density at radius 1 is 1.54 bits per heavy atom. The first-order chi connectivity index (χ1) is 5.73. The number of nitrogens with one attached hydrogen (secondary N) is 1. The standard InChI is InChI=1S/C8H17N3O2/c1-5(2)10-7(9)11-6(12)8(3,4)13/h5,13H,1-4H3,(H3,9,10,11,12). The highest BCUT2D eigenvalue weighted by Gasteiger charge is 2.24. The summed E-state index contributed by atoms with van der Waals surface area (Å²) in [5.74, 6) is -0.531. The predicted molar refractivity (Wildman–Crippen MR) is 51.2 cm³/mol. The molecule has 0 aromatic rings. The van der Waals surface area contributed by atoms with Crippen LogP contribution in [0.3, 0.4) is 0 Å². The Labute approximate surface area is 78.0 Å².